The molecule has 0 unspecified atom stereocenters. The molecule has 3 aliphatic rings. The molecule has 1 fully saturated rings. The highest BCUT2D eigenvalue weighted by molar-refractivity contribution is 9.10. The van der Waals surface area contributed by atoms with Gasteiger partial charge in [0.05, 0.1) is 68.7 Å². The van der Waals surface area contributed by atoms with Crippen LogP contribution in [-0.2, 0) is 22.4 Å². The van der Waals surface area contributed by atoms with Crippen LogP contribution in [0.5, 0.6) is 0 Å². The van der Waals surface area contributed by atoms with Crippen molar-refractivity contribution in [2.45, 2.75) is 52.0 Å². The van der Waals surface area contributed by atoms with Gasteiger partial charge in [-0.05, 0) is 81.7 Å². The number of fused-ring (bicyclic) bond motifs is 4. The molecule has 14 nitrogen and oxygen atoms in total. The van der Waals surface area contributed by atoms with Crippen molar-refractivity contribution in [3.8, 4) is 0 Å². The number of H-pyrrole nitrogens is 2. The summed E-state index contributed by atoms with van der Waals surface area (Å²) in [7, 11) is -0.615. The molecule has 16 heteroatoms. The first-order valence-corrected chi connectivity index (χ1v) is 18.4. The normalized spacial score (nSPS) is 16.8. The van der Waals surface area contributed by atoms with Gasteiger partial charge in [-0.15, -0.1) is 0 Å². The fourth-order valence-corrected chi connectivity index (χ4v) is 7.22. The Kier molecular flexibility index (Phi) is 8.94. The van der Waals surface area contributed by atoms with Gasteiger partial charge in [0.2, 0.25) is 0 Å². The number of aromatic nitrogens is 4. The molecular formula is C40H32BBrN6O8. The van der Waals surface area contributed by atoms with E-state index in [1.807, 2.05) is 27.7 Å². The standard InChI is InChI=1S/C23H22BN3O5.C17H10BrN3O3/c1-22(2)23(3,4)32-24(31-22)13-9-10-14-17(11-13)18(25-26-19(14)28)12-27-20(29)15-7-5-6-8-16(15)21(27)30;18-9-5-6-10-13(7-9)14(19-20-15(10)22)8-21-16(23)11-3-1-2-4-12(11)17(21)24/h5-11H,12H2,1-4H3,(H,26,28);1-7H,8H2,(H,20,22). The molecule has 6 aromatic rings. The summed E-state index contributed by atoms with van der Waals surface area (Å²) in [6, 6.07) is 23.8. The lowest BCUT2D eigenvalue weighted by Crippen LogP contribution is -2.41. The van der Waals surface area contributed by atoms with E-state index in [4.69, 9.17) is 9.31 Å². The number of carbonyl (C=O) groups excluding carboxylic acids is 4. The molecule has 9 rings (SSSR count). The van der Waals surface area contributed by atoms with E-state index in [9.17, 15) is 28.8 Å². The minimum Gasteiger partial charge on any atom is -0.399 e. The molecule has 0 radical (unpaired) electrons. The third-order valence-electron chi connectivity index (χ3n) is 10.6. The number of carbonyl (C=O) groups is 4. The number of rotatable bonds is 5. The van der Waals surface area contributed by atoms with Crippen molar-refractivity contribution in [3.63, 3.8) is 0 Å². The van der Waals surface area contributed by atoms with Crippen LogP contribution in [0.2, 0.25) is 0 Å². The molecule has 0 aliphatic carbocycles. The maximum atomic E-state index is 12.8. The molecule has 280 valence electrons. The van der Waals surface area contributed by atoms with E-state index < -0.39 is 18.3 Å². The summed E-state index contributed by atoms with van der Waals surface area (Å²) in [6.45, 7) is 7.80. The van der Waals surface area contributed by atoms with Crippen LogP contribution in [0.4, 0.5) is 0 Å². The highest BCUT2D eigenvalue weighted by atomic mass is 79.9. The lowest BCUT2D eigenvalue weighted by atomic mass is 9.78. The number of hydrogen-bond acceptors (Lipinski definition) is 10. The Morgan fingerprint density at radius 1 is 0.571 bits per heavy atom. The van der Waals surface area contributed by atoms with Gasteiger partial charge in [0, 0.05) is 15.2 Å². The second kappa shape index (κ2) is 13.6. The van der Waals surface area contributed by atoms with Crippen molar-refractivity contribution in [1.29, 1.82) is 0 Å². The highest BCUT2D eigenvalue weighted by Gasteiger charge is 2.51. The molecule has 4 aromatic carbocycles. The average Bonchev–Trinajstić information content (AvgIpc) is 3.67. The first-order chi connectivity index (χ1) is 26.6. The minimum atomic E-state index is -0.615. The summed E-state index contributed by atoms with van der Waals surface area (Å²) in [5.74, 6) is -1.47. The summed E-state index contributed by atoms with van der Waals surface area (Å²) >= 11 is 3.36. The molecule has 1 saturated heterocycles. The summed E-state index contributed by atoms with van der Waals surface area (Å²) < 4.78 is 13.0. The molecule has 4 amide bonds. The fraction of sp³-hybridized carbons (Fsp3) is 0.200. The van der Waals surface area contributed by atoms with Crippen molar-refractivity contribution in [1.82, 2.24) is 30.2 Å². The molecule has 0 bridgehead atoms. The first-order valence-electron chi connectivity index (χ1n) is 17.6. The Morgan fingerprint density at radius 2 is 0.964 bits per heavy atom. The molecule has 3 aliphatic heterocycles. The molecule has 0 saturated carbocycles. The van der Waals surface area contributed by atoms with Gasteiger partial charge in [-0.3, -0.25) is 38.6 Å². The molecule has 56 heavy (non-hydrogen) atoms. The number of aromatic amines is 2. The van der Waals surface area contributed by atoms with Gasteiger partial charge < -0.3 is 9.31 Å². The van der Waals surface area contributed by atoms with E-state index in [1.54, 1.807) is 84.9 Å². The van der Waals surface area contributed by atoms with Crippen LogP contribution >= 0.6 is 15.9 Å². The summed E-state index contributed by atoms with van der Waals surface area (Å²) in [5.41, 5.74) is 1.41. The Balaban J connectivity index is 0.000000164. The first kappa shape index (κ1) is 36.9. The van der Waals surface area contributed by atoms with Crippen LogP contribution in [0.1, 0.15) is 80.5 Å². The van der Waals surface area contributed by atoms with E-state index >= 15 is 0 Å². The zero-order chi connectivity index (χ0) is 39.7. The van der Waals surface area contributed by atoms with Crippen LogP contribution in [-0.4, -0.2) is 72.1 Å². The smallest absolute Gasteiger partial charge is 0.399 e. The van der Waals surface area contributed by atoms with Crippen molar-refractivity contribution in [3.05, 3.63) is 144 Å². The van der Waals surface area contributed by atoms with Crippen molar-refractivity contribution < 1.29 is 28.5 Å². The predicted molar refractivity (Wildman–Crippen MR) is 209 cm³/mol. The second-order valence-corrected chi connectivity index (χ2v) is 15.5. The van der Waals surface area contributed by atoms with Crippen molar-refractivity contribution in [2.24, 2.45) is 0 Å². The maximum absolute atomic E-state index is 12.8. The molecule has 0 atom stereocenters. The number of benzene rings is 4. The monoisotopic (exact) mass is 814 g/mol. The van der Waals surface area contributed by atoms with Gasteiger partial charge in [0.25, 0.3) is 34.7 Å². The number of hydrogen-bond donors (Lipinski definition) is 2. The number of halogens is 1. The minimum absolute atomic E-state index is 0.00389. The van der Waals surface area contributed by atoms with E-state index in [0.717, 1.165) is 19.7 Å². The zero-order valence-electron chi connectivity index (χ0n) is 30.5. The molecular weight excluding hydrogens is 783 g/mol. The van der Waals surface area contributed by atoms with Crippen LogP contribution in [0, 0.1) is 0 Å². The number of imide groups is 2. The lowest BCUT2D eigenvalue weighted by Gasteiger charge is -2.32. The van der Waals surface area contributed by atoms with Gasteiger partial charge in [-0.2, -0.15) is 10.2 Å². The van der Waals surface area contributed by atoms with Crippen LogP contribution in [0.25, 0.3) is 21.5 Å². The van der Waals surface area contributed by atoms with E-state index in [2.05, 4.69) is 36.3 Å². The van der Waals surface area contributed by atoms with Crippen molar-refractivity contribution in [2.75, 3.05) is 0 Å². The van der Waals surface area contributed by atoms with Gasteiger partial charge >= 0.3 is 7.12 Å². The average molecular weight is 815 g/mol. The third-order valence-corrected chi connectivity index (χ3v) is 11.1. The maximum Gasteiger partial charge on any atom is 0.494 e. The molecule has 5 heterocycles. The van der Waals surface area contributed by atoms with Gasteiger partial charge in [0.1, 0.15) is 0 Å². The summed E-state index contributed by atoms with van der Waals surface area (Å²) in [4.78, 5) is 77.1. The second-order valence-electron chi connectivity index (χ2n) is 14.6. The number of nitrogens with zero attached hydrogens (tertiary/aromatic N) is 4. The van der Waals surface area contributed by atoms with Gasteiger partial charge in [0.15, 0.2) is 0 Å². The predicted octanol–water partition coefficient (Wildman–Crippen LogP) is 4.50. The largest absolute Gasteiger partial charge is 0.494 e. The van der Waals surface area contributed by atoms with Crippen molar-refractivity contribution >= 4 is 73.7 Å². The summed E-state index contributed by atoms with van der Waals surface area (Å²) in [5, 5.41) is 15.1. The third kappa shape index (κ3) is 6.15. The molecule has 2 N–H and O–H groups in total. The lowest BCUT2D eigenvalue weighted by molar-refractivity contribution is 0.00578. The fourth-order valence-electron chi connectivity index (χ4n) is 6.86. The zero-order valence-corrected chi connectivity index (χ0v) is 32.1. The van der Waals surface area contributed by atoms with E-state index in [-0.39, 0.29) is 47.8 Å². The highest BCUT2D eigenvalue weighted by Crippen LogP contribution is 2.37. The summed E-state index contributed by atoms with van der Waals surface area (Å²) in [6.07, 6.45) is 0. The number of amides is 4. The molecule has 0 spiro atoms. The SMILES string of the molecule is CC1(C)OB(c2ccc3c(=O)[nH]nc(CN4C(=O)c5ccccc5C4=O)c3c2)OC1(C)C.O=C1c2ccccc2C(=O)N1Cc1n[nH]c(=O)c2ccc(Br)cc12. The molecule has 2 aromatic heterocycles. The Morgan fingerprint density at radius 3 is 1.39 bits per heavy atom. The van der Waals surface area contributed by atoms with E-state index in [0.29, 0.717) is 55.2 Å². The van der Waals surface area contributed by atoms with Crippen LogP contribution in [0.3, 0.4) is 0 Å². The Hall–Kier alpha value is -6.10. The van der Waals surface area contributed by atoms with Gasteiger partial charge in [-0.1, -0.05) is 52.3 Å². The quantitative estimate of drug-likeness (QED) is 0.186. The van der Waals surface area contributed by atoms with E-state index in [1.165, 1.54) is 0 Å². The Labute approximate surface area is 327 Å². The van der Waals surface area contributed by atoms with Gasteiger partial charge in [-0.25, -0.2) is 10.2 Å². The van der Waals surface area contributed by atoms with Crippen LogP contribution < -0.4 is 16.6 Å². The van der Waals surface area contributed by atoms with Crippen LogP contribution in [0.15, 0.2) is 99.0 Å². The number of nitrogens with one attached hydrogen (secondary N) is 2. The Bertz CT molecular complexity index is 2710. The topological polar surface area (TPSA) is 185 Å².